The zero-order valence-electron chi connectivity index (χ0n) is 29.3. The van der Waals surface area contributed by atoms with Crippen LogP contribution in [0.4, 0.5) is 27.8 Å². The van der Waals surface area contributed by atoms with Gasteiger partial charge in [-0.25, -0.2) is 9.78 Å². The minimum Gasteiger partial charge on any atom is -0.497 e. The van der Waals surface area contributed by atoms with Gasteiger partial charge < -0.3 is 29.2 Å². The summed E-state index contributed by atoms with van der Waals surface area (Å²) >= 11 is 0. The summed E-state index contributed by atoms with van der Waals surface area (Å²) in [4.78, 5) is 41.3. The van der Waals surface area contributed by atoms with Crippen molar-refractivity contribution in [2.45, 2.75) is 20.1 Å². The lowest BCUT2D eigenvalue weighted by Gasteiger charge is -2.38. The van der Waals surface area contributed by atoms with E-state index in [0.29, 0.717) is 76.6 Å². The summed E-state index contributed by atoms with van der Waals surface area (Å²) in [5.74, 6) is 2.26. The molecule has 264 valence electrons. The van der Waals surface area contributed by atoms with Crippen LogP contribution in [0, 0.1) is 6.92 Å². The van der Waals surface area contributed by atoms with Gasteiger partial charge in [0.05, 0.1) is 38.4 Å². The van der Waals surface area contributed by atoms with Crippen molar-refractivity contribution >= 4 is 40.1 Å². The predicted molar refractivity (Wildman–Crippen MR) is 201 cm³/mol. The molecule has 0 unspecified atom stereocenters. The molecule has 1 N–H and O–H groups in total. The Hall–Kier alpha value is -6.56. The number of aromatic nitrogens is 3. The fourth-order valence-corrected chi connectivity index (χ4v) is 6.40. The van der Waals surface area contributed by atoms with E-state index in [1.807, 2.05) is 96.8 Å². The highest BCUT2D eigenvalue weighted by Crippen LogP contribution is 2.40. The Morgan fingerprint density at radius 2 is 1.62 bits per heavy atom. The van der Waals surface area contributed by atoms with Crippen molar-refractivity contribution in [1.29, 1.82) is 0 Å². The van der Waals surface area contributed by atoms with Crippen molar-refractivity contribution in [2.75, 3.05) is 49.5 Å². The number of ether oxygens (including phenoxy) is 4. The molecule has 0 fully saturated rings. The van der Waals surface area contributed by atoms with Crippen LogP contribution in [0.2, 0.25) is 0 Å². The molecule has 1 aliphatic rings. The lowest BCUT2D eigenvalue weighted by Crippen LogP contribution is -2.44. The molecule has 7 rings (SSSR count). The molecule has 0 aliphatic carbocycles. The van der Waals surface area contributed by atoms with E-state index in [1.165, 1.54) is 0 Å². The van der Waals surface area contributed by atoms with E-state index < -0.39 is 6.09 Å². The number of hydrogen-bond donors (Lipinski definition) is 1. The van der Waals surface area contributed by atoms with Gasteiger partial charge in [0.2, 0.25) is 5.95 Å². The standard InChI is InChI=1S/C40H38N6O6/c1-26-10-8-15-33-36(26)45(40(48)52-25-27-11-6-5-7-12-27)19-18-44(33)34-20-29-24-42-39(41-23-28-16-17-32(50-3)22-35(28)51-4)43-37(29)46(38(34)47)30-13-9-14-31(21-30)49-2/h5-17,20-22,24H,18-19,23,25H2,1-4H3,(H,41,42,43). The molecule has 0 bridgehead atoms. The molecule has 12 heteroatoms. The molecule has 0 radical (unpaired) electrons. The molecule has 1 amide bonds. The maximum Gasteiger partial charge on any atom is 0.414 e. The number of aryl methyl sites for hydroxylation is 1. The average Bonchev–Trinajstić information content (AvgIpc) is 3.19. The van der Waals surface area contributed by atoms with Crippen LogP contribution in [0.1, 0.15) is 16.7 Å². The van der Waals surface area contributed by atoms with E-state index in [2.05, 4.69) is 10.3 Å². The molecule has 0 atom stereocenters. The smallest absolute Gasteiger partial charge is 0.414 e. The predicted octanol–water partition coefficient (Wildman–Crippen LogP) is 7.02. The molecule has 0 saturated heterocycles. The zero-order chi connectivity index (χ0) is 36.2. The summed E-state index contributed by atoms with van der Waals surface area (Å²) < 4.78 is 23.7. The van der Waals surface area contributed by atoms with E-state index in [0.717, 1.165) is 16.7 Å². The molecule has 6 aromatic rings. The fraction of sp³-hybridized carbons (Fsp3) is 0.200. The van der Waals surface area contributed by atoms with Crippen molar-refractivity contribution in [3.8, 4) is 22.9 Å². The Kier molecular flexibility index (Phi) is 9.61. The first-order chi connectivity index (χ1) is 25.4. The zero-order valence-corrected chi connectivity index (χ0v) is 29.3. The first-order valence-corrected chi connectivity index (χ1v) is 16.8. The molecule has 52 heavy (non-hydrogen) atoms. The lowest BCUT2D eigenvalue weighted by molar-refractivity contribution is 0.147. The number of rotatable bonds is 10. The molecule has 1 aliphatic heterocycles. The maximum atomic E-state index is 14.8. The molecular weight excluding hydrogens is 660 g/mol. The fourth-order valence-electron chi connectivity index (χ4n) is 6.40. The highest BCUT2D eigenvalue weighted by atomic mass is 16.6. The second-order valence-corrected chi connectivity index (χ2v) is 12.2. The molecule has 0 spiro atoms. The number of hydrogen-bond acceptors (Lipinski definition) is 10. The van der Waals surface area contributed by atoms with Gasteiger partial charge >= 0.3 is 6.09 Å². The number of amides is 1. The number of fused-ring (bicyclic) bond motifs is 2. The van der Waals surface area contributed by atoms with Gasteiger partial charge in [-0.1, -0.05) is 48.5 Å². The molecule has 0 saturated carbocycles. The van der Waals surface area contributed by atoms with Gasteiger partial charge in [0, 0.05) is 48.9 Å². The van der Waals surface area contributed by atoms with Crippen LogP contribution in [0.25, 0.3) is 16.7 Å². The number of anilines is 4. The highest BCUT2D eigenvalue weighted by Gasteiger charge is 2.32. The first kappa shape index (κ1) is 33.9. The largest absolute Gasteiger partial charge is 0.497 e. The third-order valence-corrected chi connectivity index (χ3v) is 9.01. The van der Waals surface area contributed by atoms with Crippen molar-refractivity contribution in [3.63, 3.8) is 0 Å². The summed E-state index contributed by atoms with van der Waals surface area (Å²) in [5, 5.41) is 3.92. The summed E-state index contributed by atoms with van der Waals surface area (Å²) in [6, 6.07) is 30.0. The third-order valence-electron chi connectivity index (χ3n) is 9.01. The van der Waals surface area contributed by atoms with Gasteiger partial charge in [-0.05, 0) is 54.4 Å². The van der Waals surface area contributed by atoms with Crippen molar-refractivity contribution in [2.24, 2.45) is 0 Å². The van der Waals surface area contributed by atoms with Crippen LogP contribution < -0.4 is 34.9 Å². The number of nitrogens with one attached hydrogen (secondary N) is 1. The van der Waals surface area contributed by atoms with Gasteiger partial charge in [-0.3, -0.25) is 14.3 Å². The summed E-state index contributed by atoms with van der Waals surface area (Å²) in [7, 11) is 4.79. The van der Waals surface area contributed by atoms with Crippen LogP contribution in [0.3, 0.4) is 0 Å². The highest BCUT2D eigenvalue weighted by molar-refractivity contribution is 5.97. The van der Waals surface area contributed by atoms with E-state index in [4.69, 9.17) is 23.9 Å². The summed E-state index contributed by atoms with van der Waals surface area (Å²) in [6.45, 7) is 3.12. The maximum absolute atomic E-state index is 14.8. The second-order valence-electron chi connectivity index (χ2n) is 12.2. The van der Waals surface area contributed by atoms with Crippen LogP contribution in [-0.4, -0.2) is 55.0 Å². The van der Waals surface area contributed by atoms with Crippen LogP contribution in [0.15, 0.2) is 108 Å². The monoisotopic (exact) mass is 698 g/mol. The van der Waals surface area contributed by atoms with Crippen molar-refractivity contribution in [3.05, 3.63) is 130 Å². The molecule has 12 nitrogen and oxygen atoms in total. The number of nitrogens with zero attached hydrogens (tertiary/aromatic N) is 5. The Morgan fingerprint density at radius 3 is 2.40 bits per heavy atom. The van der Waals surface area contributed by atoms with Gasteiger partial charge in [-0.15, -0.1) is 0 Å². The molecule has 3 heterocycles. The molecule has 2 aromatic heterocycles. The number of carbonyl (C=O) groups excluding carboxylic acids is 1. The summed E-state index contributed by atoms with van der Waals surface area (Å²) in [5.41, 5.74) is 5.15. The van der Waals surface area contributed by atoms with Crippen LogP contribution in [0.5, 0.6) is 17.2 Å². The Bertz CT molecular complexity index is 2310. The van der Waals surface area contributed by atoms with E-state index >= 15 is 0 Å². The number of methoxy groups -OCH3 is 3. The van der Waals surface area contributed by atoms with Crippen molar-refractivity contribution in [1.82, 2.24) is 14.5 Å². The topological polar surface area (TPSA) is 120 Å². The Labute approximate surface area is 300 Å². The van der Waals surface area contributed by atoms with E-state index in [9.17, 15) is 9.59 Å². The Balaban J connectivity index is 1.28. The number of benzene rings is 4. The number of para-hydroxylation sites is 1. The van der Waals surface area contributed by atoms with Crippen LogP contribution in [-0.2, 0) is 17.9 Å². The minimum atomic E-state index is -0.452. The normalized spacial score (nSPS) is 12.3. The Morgan fingerprint density at radius 1 is 0.827 bits per heavy atom. The third kappa shape index (κ3) is 6.65. The van der Waals surface area contributed by atoms with E-state index in [-0.39, 0.29) is 12.2 Å². The minimum absolute atomic E-state index is 0.154. The van der Waals surface area contributed by atoms with Gasteiger partial charge in [0.1, 0.15) is 29.5 Å². The van der Waals surface area contributed by atoms with Crippen LogP contribution >= 0.6 is 0 Å². The lowest BCUT2D eigenvalue weighted by atomic mass is 10.1. The van der Waals surface area contributed by atoms with Gasteiger partial charge in [-0.2, -0.15) is 4.98 Å². The molecular formula is C40H38N6O6. The average molecular weight is 699 g/mol. The quantitative estimate of drug-likeness (QED) is 0.160. The first-order valence-electron chi connectivity index (χ1n) is 16.8. The molecule has 4 aromatic carbocycles. The second kappa shape index (κ2) is 14.7. The van der Waals surface area contributed by atoms with Gasteiger partial charge in [0.15, 0.2) is 5.65 Å². The van der Waals surface area contributed by atoms with E-state index in [1.54, 1.807) is 49.1 Å². The number of pyridine rings is 1. The number of carbonyl (C=O) groups is 1. The van der Waals surface area contributed by atoms with Crippen molar-refractivity contribution < 1.29 is 23.7 Å². The van der Waals surface area contributed by atoms with Gasteiger partial charge in [0.25, 0.3) is 5.56 Å². The SMILES string of the molecule is COc1cccc(-n2c(=O)c(N3CCN(C(=O)OCc4ccccc4)c4c(C)cccc43)cc3cnc(NCc4ccc(OC)cc4OC)nc32)c1. The summed E-state index contributed by atoms with van der Waals surface area (Å²) in [6.07, 6.45) is 1.25.